The van der Waals surface area contributed by atoms with Crippen molar-refractivity contribution in [3.05, 3.63) is 64.8 Å². The van der Waals surface area contributed by atoms with Gasteiger partial charge in [-0.15, -0.1) is 0 Å². The lowest BCUT2D eigenvalue weighted by Gasteiger charge is -2.21. The molecule has 31 heavy (non-hydrogen) atoms. The number of aromatic nitrogens is 2. The summed E-state index contributed by atoms with van der Waals surface area (Å²) in [5.41, 5.74) is 4.18. The fourth-order valence-corrected chi connectivity index (χ4v) is 3.46. The molecule has 0 saturated heterocycles. The average molecular weight is 436 g/mol. The van der Waals surface area contributed by atoms with Gasteiger partial charge in [0.05, 0.1) is 17.8 Å². The van der Waals surface area contributed by atoms with Gasteiger partial charge in [0, 0.05) is 46.7 Å². The van der Waals surface area contributed by atoms with E-state index in [1.165, 1.54) is 0 Å². The van der Waals surface area contributed by atoms with E-state index in [1.807, 2.05) is 32.0 Å². The third-order valence-electron chi connectivity index (χ3n) is 5.21. The first-order valence-corrected chi connectivity index (χ1v) is 10.3. The van der Waals surface area contributed by atoms with Gasteiger partial charge < -0.3 is 15.5 Å². The van der Waals surface area contributed by atoms with E-state index in [4.69, 9.17) is 11.6 Å². The van der Waals surface area contributed by atoms with Gasteiger partial charge in [-0.25, -0.2) is 9.97 Å². The van der Waals surface area contributed by atoms with Crippen LogP contribution in [0, 0.1) is 0 Å². The topological polar surface area (TPSA) is 87.2 Å². The zero-order chi connectivity index (χ0) is 22.1. The van der Waals surface area contributed by atoms with Gasteiger partial charge in [-0.2, -0.15) is 0 Å². The Kier molecular flexibility index (Phi) is 5.61. The lowest BCUT2D eigenvalue weighted by molar-refractivity contribution is -0.115. The fraction of sp³-hybridized carbons (Fsp3) is 0.217. The van der Waals surface area contributed by atoms with E-state index in [2.05, 4.69) is 20.6 Å². The molecule has 2 aromatic carbocycles. The van der Waals surface area contributed by atoms with Crippen LogP contribution >= 0.6 is 11.6 Å². The summed E-state index contributed by atoms with van der Waals surface area (Å²) in [5.74, 6) is 0.223. The number of hydrogen-bond acceptors (Lipinski definition) is 5. The summed E-state index contributed by atoms with van der Waals surface area (Å²) in [5, 5.41) is 6.57. The van der Waals surface area contributed by atoms with Crippen molar-refractivity contribution in [2.75, 3.05) is 17.7 Å². The highest BCUT2D eigenvalue weighted by Gasteiger charge is 2.21. The molecule has 0 aliphatic carbocycles. The van der Waals surface area contributed by atoms with Gasteiger partial charge >= 0.3 is 0 Å². The van der Waals surface area contributed by atoms with E-state index >= 15 is 0 Å². The van der Waals surface area contributed by atoms with Crippen LogP contribution in [0.25, 0.3) is 11.3 Å². The summed E-state index contributed by atoms with van der Waals surface area (Å²) in [4.78, 5) is 35.4. The molecule has 8 heteroatoms. The molecular weight excluding hydrogens is 414 g/mol. The fourth-order valence-electron chi connectivity index (χ4n) is 3.29. The van der Waals surface area contributed by atoms with Crippen LogP contribution in [0.4, 0.5) is 17.3 Å². The molecule has 0 atom stereocenters. The molecule has 0 unspecified atom stereocenters. The van der Waals surface area contributed by atoms with E-state index in [0.717, 1.165) is 16.8 Å². The van der Waals surface area contributed by atoms with Crippen molar-refractivity contribution in [1.82, 2.24) is 14.9 Å². The van der Waals surface area contributed by atoms with Crippen molar-refractivity contribution < 1.29 is 9.59 Å². The highest BCUT2D eigenvalue weighted by Crippen LogP contribution is 2.34. The van der Waals surface area contributed by atoms with Crippen LogP contribution in [-0.4, -0.2) is 39.8 Å². The number of amides is 2. The molecule has 3 aromatic rings. The summed E-state index contributed by atoms with van der Waals surface area (Å²) in [6, 6.07) is 12.6. The second-order valence-electron chi connectivity index (χ2n) is 7.69. The van der Waals surface area contributed by atoms with Crippen LogP contribution in [0.3, 0.4) is 0 Å². The lowest BCUT2D eigenvalue weighted by atomic mass is 10.1. The van der Waals surface area contributed by atoms with Gasteiger partial charge in [0.1, 0.15) is 0 Å². The first-order chi connectivity index (χ1) is 14.8. The number of fused-ring (bicyclic) bond motifs is 3. The van der Waals surface area contributed by atoms with Crippen LogP contribution < -0.4 is 10.6 Å². The Morgan fingerprint density at radius 1 is 1.19 bits per heavy atom. The van der Waals surface area contributed by atoms with Crippen molar-refractivity contribution in [3.63, 3.8) is 0 Å². The molecule has 2 N–H and O–H groups in total. The van der Waals surface area contributed by atoms with Crippen LogP contribution in [-0.2, 0) is 11.2 Å². The third-order valence-corrected chi connectivity index (χ3v) is 5.44. The lowest BCUT2D eigenvalue weighted by Crippen LogP contribution is -2.32. The minimum absolute atomic E-state index is 0.0322. The van der Waals surface area contributed by atoms with E-state index in [9.17, 15) is 9.59 Å². The SMILES string of the molecule is CC(C)N(C)C(=O)c1ccc(Nc2ncc3c(n2)-c2ccc(Cl)cc2NC(=O)C3)cc1. The molecule has 0 radical (unpaired) electrons. The maximum absolute atomic E-state index is 12.5. The largest absolute Gasteiger partial charge is 0.339 e. The maximum Gasteiger partial charge on any atom is 0.253 e. The Labute approximate surface area is 185 Å². The molecule has 1 aliphatic heterocycles. The van der Waals surface area contributed by atoms with Gasteiger partial charge in [0.25, 0.3) is 5.91 Å². The van der Waals surface area contributed by atoms with Crippen molar-refractivity contribution >= 4 is 40.7 Å². The summed E-state index contributed by atoms with van der Waals surface area (Å²) in [6.45, 7) is 3.94. The predicted octanol–water partition coefficient (Wildman–Crippen LogP) is 4.52. The number of carbonyl (C=O) groups excluding carboxylic acids is 2. The summed E-state index contributed by atoms with van der Waals surface area (Å²) >= 11 is 6.09. The van der Waals surface area contributed by atoms with E-state index in [1.54, 1.807) is 42.4 Å². The predicted molar refractivity (Wildman–Crippen MR) is 122 cm³/mol. The Morgan fingerprint density at radius 3 is 2.65 bits per heavy atom. The zero-order valence-corrected chi connectivity index (χ0v) is 18.2. The molecule has 0 saturated carbocycles. The normalized spacial score (nSPS) is 12.5. The average Bonchev–Trinajstić information content (AvgIpc) is 2.87. The summed E-state index contributed by atoms with van der Waals surface area (Å²) < 4.78 is 0. The smallest absolute Gasteiger partial charge is 0.253 e. The Morgan fingerprint density at radius 2 is 1.94 bits per heavy atom. The first-order valence-electron chi connectivity index (χ1n) is 9.92. The molecule has 1 aromatic heterocycles. The number of anilines is 3. The van der Waals surface area contributed by atoms with E-state index in [-0.39, 0.29) is 24.3 Å². The van der Waals surface area contributed by atoms with E-state index < -0.39 is 0 Å². The molecule has 4 rings (SSSR count). The Hall–Kier alpha value is -3.45. The van der Waals surface area contributed by atoms with Crippen molar-refractivity contribution in [2.45, 2.75) is 26.3 Å². The van der Waals surface area contributed by atoms with Crippen molar-refractivity contribution in [1.29, 1.82) is 0 Å². The number of carbonyl (C=O) groups is 2. The minimum atomic E-state index is -0.141. The molecule has 158 valence electrons. The quantitative estimate of drug-likeness (QED) is 0.629. The molecule has 2 heterocycles. The van der Waals surface area contributed by atoms with Crippen molar-refractivity contribution in [2.24, 2.45) is 0 Å². The zero-order valence-electron chi connectivity index (χ0n) is 17.4. The maximum atomic E-state index is 12.5. The number of rotatable bonds is 4. The number of halogens is 1. The Balaban J connectivity index is 1.61. The second-order valence-corrected chi connectivity index (χ2v) is 8.13. The van der Waals surface area contributed by atoms with E-state index in [0.29, 0.717) is 27.9 Å². The van der Waals surface area contributed by atoms with Gasteiger partial charge in [0.2, 0.25) is 11.9 Å². The monoisotopic (exact) mass is 435 g/mol. The molecule has 0 spiro atoms. The highest BCUT2D eigenvalue weighted by molar-refractivity contribution is 6.31. The molecular formula is C23H22ClN5O2. The van der Waals surface area contributed by atoms with Crippen LogP contribution in [0.2, 0.25) is 5.02 Å². The van der Waals surface area contributed by atoms with Gasteiger partial charge in [-0.05, 0) is 56.3 Å². The number of nitrogens with one attached hydrogen (secondary N) is 2. The molecule has 1 aliphatic rings. The number of benzene rings is 2. The van der Waals surface area contributed by atoms with Crippen molar-refractivity contribution in [3.8, 4) is 11.3 Å². The van der Waals surface area contributed by atoms with Crippen LogP contribution in [0.1, 0.15) is 29.8 Å². The highest BCUT2D eigenvalue weighted by atomic mass is 35.5. The molecule has 0 fully saturated rings. The molecule has 7 nitrogen and oxygen atoms in total. The second kappa shape index (κ2) is 8.35. The van der Waals surface area contributed by atoms with Gasteiger partial charge in [-0.1, -0.05) is 11.6 Å². The number of nitrogens with zero attached hydrogens (tertiary/aromatic N) is 3. The standard InChI is InChI=1S/C23H22ClN5O2/c1-13(2)29(3)22(31)14-4-7-17(8-5-14)26-23-25-12-15-10-20(30)27-19-11-16(24)6-9-18(19)21(15)28-23/h4-9,11-13H,10H2,1-3H3,(H,27,30)(H,25,26,28). The number of hydrogen-bond donors (Lipinski definition) is 2. The minimum Gasteiger partial charge on any atom is -0.339 e. The van der Waals surface area contributed by atoms with Gasteiger partial charge in [-0.3, -0.25) is 9.59 Å². The Bertz CT molecular complexity index is 1160. The molecule has 0 bridgehead atoms. The summed E-state index contributed by atoms with van der Waals surface area (Å²) in [6.07, 6.45) is 1.84. The summed E-state index contributed by atoms with van der Waals surface area (Å²) in [7, 11) is 1.79. The van der Waals surface area contributed by atoms with Crippen LogP contribution in [0.5, 0.6) is 0 Å². The molecule has 2 amide bonds. The third kappa shape index (κ3) is 4.36. The first kappa shape index (κ1) is 20.8. The van der Waals surface area contributed by atoms with Crippen LogP contribution in [0.15, 0.2) is 48.7 Å². The van der Waals surface area contributed by atoms with Gasteiger partial charge in [0.15, 0.2) is 0 Å².